The Morgan fingerprint density at radius 2 is 2.33 bits per heavy atom. The summed E-state index contributed by atoms with van der Waals surface area (Å²) >= 11 is 1.47. The topological polar surface area (TPSA) is 40.5 Å². The number of aliphatic hydroxyl groups is 1. The molecule has 0 radical (unpaired) electrons. The minimum Gasteiger partial charge on any atom is -0.395 e. The fraction of sp³-hybridized carbons (Fsp3) is 0.545. The van der Waals surface area contributed by atoms with Crippen LogP contribution in [0.25, 0.3) is 0 Å². The summed E-state index contributed by atoms with van der Waals surface area (Å²) in [5.41, 5.74) is 0. The van der Waals surface area contributed by atoms with Crippen molar-refractivity contribution in [1.82, 2.24) is 4.90 Å². The molecule has 0 amide bonds. The minimum absolute atomic E-state index is 0.109. The third kappa shape index (κ3) is 4.11. The number of hydrogen-bond donors (Lipinski definition) is 1. The normalized spacial score (nSPS) is 10.9. The molecule has 0 saturated carbocycles. The number of carbonyl (C=O) groups is 1. The van der Waals surface area contributed by atoms with Crippen molar-refractivity contribution in [2.24, 2.45) is 0 Å². The van der Waals surface area contributed by atoms with Gasteiger partial charge in [-0.25, -0.2) is 0 Å². The monoisotopic (exact) mass is 227 g/mol. The Bertz CT molecular complexity index is 279. The van der Waals surface area contributed by atoms with E-state index in [1.165, 1.54) is 11.3 Å². The van der Waals surface area contributed by atoms with E-state index in [4.69, 9.17) is 5.11 Å². The Kier molecular flexibility index (Phi) is 5.53. The first-order valence-electron chi connectivity index (χ1n) is 5.17. The Balaban J connectivity index is 2.47. The summed E-state index contributed by atoms with van der Waals surface area (Å²) in [6, 6.07) is 3.73. The van der Waals surface area contributed by atoms with Gasteiger partial charge in [0.25, 0.3) is 0 Å². The van der Waals surface area contributed by atoms with Gasteiger partial charge in [-0.15, -0.1) is 11.3 Å². The van der Waals surface area contributed by atoms with E-state index in [9.17, 15) is 4.79 Å². The number of nitrogens with zero attached hydrogens (tertiary/aromatic N) is 1. The first kappa shape index (κ1) is 12.4. The van der Waals surface area contributed by atoms with Gasteiger partial charge in [0.15, 0.2) is 5.78 Å². The van der Waals surface area contributed by atoms with Crippen molar-refractivity contribution in [2.45, 2.75) is 13.3 Å². The van der Waals surface area contributed by atoms with E-state index in [0.29, 0.717) is 13.1 Å². The Morgan fingerprint density at radius 1 is 1.53 bits per heavy atom. The second-order valence-electron chi connectivity index (χ2n) is 3.40. The Hall–Kier alpha value is -0.710. The van der Waals surface area contributed by atoms with Crippen molar-refractivity contribution in [3.8, 4) is 0 Å². The fourth-order valence-electron chi connectivity index (χ4n) is 1.45. The molecule has 1 heterocycles. The molecule has 3 nitrogen and oxygen atoms in total. The summed E-state index contributed by atoms with van der Waals surface area (Å²) in [7, 11) is 0. The molecule has 0 aliphatic rings. The van der Waals surface area contributed by atoms with Crippen LogP contribution in [0.4, 0.5) is 0 Å². The predicted octanol–water partition coefficient (Wildman–Crippen LogP) is 1.64. The highest BCUT2D eigenvalue weighted by Gasteiger charge is 2.11. The van der Waals surface area contributed by atoms with E-state index >= 15 is 0 Å². The van der Waals surface area contributed by atoms with Crippen LogP contribution in [0.3, 0.4) is 0 Å². The second-order valence-corrected chi connectivity index (χ2v) is 4.35. The SMILES string of the molecule is CCCN(CCO)CC(=O)c1cccs1. The number of carbonyl (C=O) groups excluding carboxylic acids is 1. The van der Waals surface area contributed by atoms with E-state index in [2.05, 4.69) is 6.92 Å². The average molecular weight is 227 g/mol. The van der Waals surface area contributed by atoms with E-state index in [0.717, 1.165) is 17.8 Å². The van der Waals surface area contributed by atoms with Gasteiger partial charge in [0.1, 0.15) is 0 Å². The number of rotatable bonds is 7. The molecule has 0 aliphatic carbocycles. The molecule has 15 heavy (non-hydrogen) atoms. The maximum Gasteiger partial charge on any atom is 0.186 e. The average Bonchev–Trinajstić information content (AvgIpc) is 2.71. The lowest BCUT2D eigenvalue weighted by Crippen LogP contribution is -2.32. The quantitative estimate of drug-likeness (QED) is 0.720. The molecule has 0 unspecified atom stereocenters. The van der Waals surface area contributed by atoms with Crippen LogP contribution in [0.2, 0.25) is 0 Å². The Morgan fingerprint density at radius 3 is 2.87 bits per heavy atom. The number of ketones is 1. The standard InChI is InChI=1S/C11H17NO2S/c1-2-5-12(6-7-13)9-10(14)11-4-3-8-15-11/h3-4,8,13H,2,5-7,9H2,1H3. The molecule has 1 aromatic heterocycles. The van der Waals surface area contributed by atoms with Crippen molar-refractivity contribution in [2.75, 3.05) is 26.2 Å². The van der Waals surface area contributed by atoms with Crippen LogP contribution < -0.4 is 0 Å². The summed E-state index contributed by atoms with van der Waals surface area (Å²) in [4.78, 5) is 14.5. The van der Waals surface area contributed by atoms with Crippen molar-refractivity contribution in [3.05, 3.63) is 22.4 Å². The van der Waals surface area contributed by atoms with Gasteiger partial charge in [-0.3, -0.25) is 9.69 Å². The van der Waals surface area contributed by atoms with Crippen LogP contribution in [-0.4, -0.2) is 42.0 Å². The van der Waals surface area contributed by atoms with Crippen LogP contribution in [0.5, 0.6) is 0 Å². The first-order chi connectivity index (χ1) is 7.27. The summed E-state index contributed by atoms with van der Waals surface area (Å²) in [5, 5.41) is 10.8. The summed E-state index contributed by atoms with van der Waals surface area (Å²) in [6.07, 6.45) is 0.998. The van der Waals surface area contributed by atoms with Crippen LogP contribution >= 0.6 is 11.3 Å². The van der Waals surface area contributed by atoms with E-state index in [1.807, 2.05) is 22.4 Å². The number of hydrogen-bond acceptors (Lipinski definition) is 4. The summed E-state index contributed by atoms with van der Waals surface area (Å²) in [5.74, 6) is 0.145. The zero-order valence-corrected chi connectivity index (χ0v) is 9.80. The smallest absolute Gasteiger partial charge is 0.186 e. The van der Waals surface area contributed by atoms with E-state index < -0.39 is 0 Å². The zero-order chi connectivity index (χ0) is 11.1. The van der Waals surface area contributed by atoms with Crippen LogP contribution in [0, 0.1) is 0 Å². The van der Waals surface area contributed by atoms with Crippen LogP contribution in [-0.2, 0) is 0 Å². The van der Waals surface area contributed by atoms with E-state index in [1.54, 1.807) is 0 Å². The molecule has 4 heteroatoms. The molecule has 0 atom stereocenters. The predicted molar refractivity (Wildman–Crippen MR) is 62.5 cm³/mol. The van der Waals surface area contributed by atoms with Gasteiger partial charge in [0, 0.05) is 6.54 Å². The molecule has 84 valence electrons. The van der Waals surface area contributed by atoms with Gasteiger partial charge in [-0.05, 0) is 24.4 Å². The van der Waals surface area contributed by atoms with Gasteiger partial charge in [-0.2, -0.15) is 0 Å². The molecule has 1 rings (SSSR count). The van der Waals surface area contributed by atoms with Crippen molar-refractivity contribution in [1.29, 1.82) is 0 Å². The number of thiophene rings is 1. The third-order valence-corrected chi connectivity index (χ3v) is 3.03. The molecular formula is C11H17NO2S. The minimum atomic E-state index is 0.109. The zero-order valence-electron chi connectivity index (χ0n) is 8.98. The molecular weight excluding hydrogens is 210 g/mol. The van der Waals surface area contributed by atoms with Gasteiger partial charge >= 0.3 is 0 Å². The lowest BCUT2D eigenvalue weighted by Gasteiger charge is -2.18. The molecule has 0 spiro atoms. The van der Waals surface area contributed by atoms with Gasteiger partial charge in [-0.1, -0.05) is 13.0 Å². The van der Waals surface area contributed by atoms with Crippen molar-refractivity contribution in [3.63, 3.8) is 0 Å². The largest absolute Gasteiger partial charge is 0.395 e. The second kappa shape index (κ2) is 6.71. The highest BCUT2D eigenvalue weighted by molar-refractivity contribution is 7.12. The highest BCUT2D eigenvalue weighted by atomic mass is 32.1. The molecule has 0 bridgehead atoms. The maximum atomic E-state index is 11.8. The summed E-state index contributed by atoms with van der Waals surface area (Å²) in [6.45, 7) is 4.02. The van der Waals surface area contributed by atoms with Gasteiger partial charge in [0.05, 0.1) is 18.0 Å². The lowest BCUT2D eigenvalue weighted by molar-refractivity contribution is 0.0919. The molecule has 1 N–H and O–H groups in total. The molecule has 0 aliphatic heterocycles. The first-order valence-corrected chi connectivity index (χ1v) is 6.05. The van der Waals surface area contributed by atoms with Crippen LogP contribution in [0.1, 0.15) is 23.0 Å². The maximum absolute atomic E-state index is 11.8. The van der Waals surface area contributed by atoms with Gasteiger partial charge < -0.3 is 5.11 Å². The molecule has 0 saturated heterocycles. The van der Waals surface area contributed by atoms with E-state index in [-0.39, 0.29) is 12.4 Å². The Labute approximate surface area is 94.3 Å². The van der Waals surface area contributed by atoms with Crippen molar-refractivity contribution < 1.29 is 9.90 Å². The highest BCUT2D eigenvalue weighted by Crippen LogP contribution is 2.10. The summed E-state index contributed by atoms with van der Waals surface area (Å²) < 4.78 is 0. The molecule has 0 aromatic carbocycles. The lowest BCUT2D eigenvalue weighted by atomic mass is 10.3. The molecule has 0 fully saturated rings. The number of Topliss-reactive ketones (excluding diaryl/α,β-unsaturated/α-hetero) is 1. The van der Waals surface area contributed by atoms with Crippen molar-refractivity contribution >= 4 is 17.1 Å². The third-order valence-electron chi connectivity index (χ3n) is 2.12. The molecule has 1 aromatic rings. The van der Waals surface area contributed by atoms with Crippen LogP contribution in [0.15, 0.2) is 17.5 Å². The fourth-order valence-corrected chi connectivity index (χ4v) is 2.10. The number of aliphatic hydroxyl groups excluding tert-OH is 1. The van der Waals surface area contributed by atoms with Gasteiger partial charge in [0.2, 0.25) is 0 Å².